The molecule has 6 heteroatoms. The van der Waals surface area contributed by atoms with E-state index in [0.29, 0.717) is 34.4 Å². The number of nitriles is 1. The van der Waals surface area contributed by atoms with Crippen molar-refractivity contribution in [2.45, 2.75) is 0 Å². The third-order valence-corrected chi connectivity index (χ3v) is 1.32. The van der Waals surface area contributed by atoms with Crippen LogP contribution in [0, 0.1) is 11.3 Å². The van der Waals surface area contributed by atoms with Gasteiger partial charge in [0.1, 0.15) is 6.07 Å². The van der Waals surface area contributed by atoms with Crippen molar-refractivity contribution in [3.05, 3.63) is 34.9 Å². The maximum atomic E-state index is 8.38. The molecule has 0 atom stereocenters. The van der Waals surface area contributed by atoms with Crippen molar-refractivity contribution in [2.24, 2.45) is 0 Å². The molecule has 1 nitrogen and oxygen atoms in total. The Morgan fingerprint density at radius 2 is 1.05 bits per heavy atom. The van der Waals surface area contributed by atoms with E-state index in [-0.39, 0.29) is 21.1 Å². The topological polar surface area (TPSA) is 23.8 Å². The zero-order valence-electron chi connectivity index (χ0n) is 15.4. The van der Waals surface area contributed by atoms with Crippen LogP contribution in [0.3, 0.4) is 0 Å². The Balaban J connectivity index is -0.000000107. The number of nitrogens with zero attached hydrogens (tertiary/aromatic N) is 1. The first kappa shape index (κ1) is 30.8. The fraction of sp³-hybridized carbons (Fsp3) is 0.562. The molecule has 1 aromatic rings. The summed E-state index contributed by atoms with van der Waals surface area (Å²) < 4.78 is 0. The molecule has 0 aromatic heterocycles. The summed E-state index contributed by atoms with van der Waals surface area (Å²) in [5.41, 5.74) is 0.527. The minimum atomic E-state index is 0. The first-order valence-electron chi connectivity index (χ1n) is 6.51. The summed E-state index contributed by atoms with van der Waals surface area (Å²) in [6, 6.07) is 8.92. The summed E-state index contributed by atoms with van der Waals surface area (Å²) in [6.45, 7) is 20.1. The number of rotatable bonds is 0. The van der Waals surface area contributed by atoms with Crippen molar-refractivity contribution in [2.75, 3.05) is 60.0 Å². The first-order valence-corrected chi connectivity index (χ1v) is 14.9. The van der Waals surface area contributed by atoms with Crippen LogP contribution in [-0.2, 0) is 21.1 Å². The molecule has 0 saturated heterocycles. The SMILES string of the molecule is CP(C)C.CP(C)C.CP(C)C.N#Cc1ccccc1Cl.[W]. The van der Waals surface area contributed by atoms with Gasteiger partial charge in [-0.3, -0.25) is 0 Å². The number of benzene rings is 1. The third-order valence-electron chi connectivity index (χ3n) is 0.994. The Morgan fingerprint density at radius 1 is 0.773 bits per heavy atom. The van der Waals surface area contributed by atoms with Crippen LogP contribution in [0.2, 0.25) is 5.02 Å². The first-order chi connectivity index (χ1) is 9.54. The molecule has 0 unspecified atom stereocenters. The standard InChI is InChI=1S/C7H4ClN.3C3H9P.W/c8-7-4-2-1-3-6(7)5-9;3*1-4(2)3;/h1-4H;3*1-3H3;. The zero-order valence-corrected chi connectivity index (χ0v) is 21.8. The van der Waals surface area contributed by atoms with Crippen LogP contribution < -0.4 is 0 Å². The molecule has 128 valence electrons. The summed E-state index contributed by atoms with van der Waals surface area (Å²) in [5.74, 6) is 0. The van der Waals surface area contributed by atoms with Crippen LogP contribution in [0.1, 0.15) is 5.56 Å². The number of halogens is 1. The predicted octanol–water partition coefficient (Wildman–Crippen LogP) is 6.28. The average Bonchev–Trinajstić information content (AvgIpc) is 2.27. The quantitative estimate of drug-likeness (QED) is 0.350. The van der Waals surface area contributed by atoms with Gasteiger partial charge in [-0.2, -0.15) is 5.26 Å². The van der Waals surface area contributed by atoms with Crippen LogP contribution in [0.15, 0.2) is 24.3 Å². The van der Waals surface area contributed by atoms with E-state index >= 15 is 0 Å². The van der Waals surface area contributed by atoms with E-state index < -0.39 is 0 Å². The molecule has 1 rings (SSSR count). The maximum absolute atomic E-state index is 8.38. The molecule has 0 aliphatic carbocycles. The Morgan fingerprint density at radius 3 is 1.23 bits per heavy atom. The summed E-state index contributed by atoms with van der Waals surface area (Å²) in [7, 11) is 1.14. The van der Waals surface area contributed by atoms with Gasteiger partial charge in [0.15, 0.2) is 0 Å². The third kappa shape index (κ3) is 42.9. The van der Waals surface area contributed by atoms with E-state index in [4.69, 9.17) is 16.9 Å². The predicted molar refractivity (Wildman–Crippen MR) is 110 cm³/mol. The van der Waals surface area contributed by atoms with Gasteiger partial charge in [0.05, 0.1) is 10.6 Å². The minimum Gasteiger partial charge on any atom is -0.192 e. The number of hydrogen-bond acceptors (Lipinski definition) is 1. The average molecular weight is 550 g/mol. The van der Waals surface area contributed by atoms with Gasteiger partial charge in [0, 0.05) is 21.1 Å². The summed E-state index contributed by atoms with van der Waals surface area (Å²) >= 11 is 5.60. The Labute approximate surface area is 162 Å². The molecule has 22 heavy (non-hydrogen) atoms. The summed E-state index contributed by atoms with van der Waals surface area (Å²) in [6.07, 6.45) is 0. The van der Waals surface area contributed by atoms with E-state index in [1.165, 1.54) is 0 Å². The van der Waals surface area contributed by atoms with Gasteiger partial charge < -0.3 is 0 Å². The summed E-state index contributed by atoms with van der Waals surface area (Å²) in [4.78, 5) is 0. The molecule has 0 aliphatic heterocycles. The second-order valence-electron chi connectivity index (χ2n) is 5.62. The van der Waals surface area contributed by atoms with Gasteiger partial charge in [0.25, 0.3) is 0 Å². The molecular formula is C16H31ClNP3W. The van der Waals surface area contributed by atoms with Gasteiger partial charge in [-0.1, -0.05) is 23.7 Å². The van der Waals surface area contributed by atoms with Crippen molar-refractivity contribution < 1.29 is 21.1 Å². The molecule has 0 saturated carbocycles. The van der Waals surface area contributed by atoms with E-state index in [2.05, 4.69) is 60.0 Å². The molecule has 1 aromatic carbocycles. The minimum absolute atomic E-state index is 0. The Hall–Kier alpha value is 0.978. The van der Waals surface area contributed by atoms with Crippen molar-refractivity contribution in [3.8, 4) is 6.07 Å². The van der Waals surface area contributed by atoms with Gasteiger partial charge in [-0.25, -0.2) is 0 Å². The Kier molecular flexibility index (Phi) is 30.8. The zero-order chi connectivity index (χ0) is 17.4. The van der Waals surface area contributed by atoms with E-state index in [0.717, 1.165) is 0 Å². The summed E-state index contributed by atoms with van der Waals surface area (Å²) in [5, 5.41) is 8.90. The fourth-order valence-corrected chi connectivity index (χ4v) is 0.730. The number of hydrogen-bond donors (Lipinski definition) is 0. The van der Waals surface area contributed by atoms with Crippen LogP contribution in [0.4, 0.5) is 0 Å². The normalized spacial score (nSPS) is 8.36. The van der Waals surface area contributed by atoms with Crippen molar-refractivity contribution in [1.82, 2.24) is 0 Å². The van der Waals surface area contributed by atoms with Gasteiger partial charge in [0.2, 0.25) is 0 Å². The van der Waals surface area contributed by atoms with Gasteiger partial charge >= 0.3 is 0 Å². The second-order valence-corrected chi connectivity index (χ2v) is 14.1. The maximum Gasteiger partial charge on any atom is 0.101 e. The molecule has 0 N–H and O–H groups in total. The molecule has 0 bridgehead atoms. The van der Waals surface area contributed by atoms with Gasteiger partial charge in [-0.15, -0.1) is 23.8 Å². The van der Waals surface area contributed by atoms with Crippen molar-refractivity contribution in [3.63, 3.8) is 0 Å². The molecular weight excluding hydrogens is 518 g/mol. The molecule has 0 radical (unpaired) electrons. The molecule has 0 amide bonds. The Bertz CT molecular complexity index is 357. The molecule has 0 spiro atoms. The van der Waals surface area contributed by atoms with Gasteiger partial charge in [-0.05, 0) is 72.1 Å². The van der Waals surface area contributed by atoms with Crippen LogP contribution in [-0.4, -0.2) is 60.0 Å². The monoisotopic (exact) mass is 549 g/mol. The fourth-order valence-electron chi connectivity index (χ4n) is 0.552. The van der Waals surface area contributed by atoms with E-state index in [1.54, 1.807) is 24.3 Å². The van der Waals surface area contributed by atoms with E-state index in [9.17, 15) is 0 Å². The smallest absolute Gasteiger partial charge is 0.101 e. The molecule has 0 fully saturated rings. The van der Waals surface area contributed by atoms with E-state index in [1.807, 2.05) is 6.07 Å². The van der Waals surface area contributed by atoms with Crippen molar-refractivity contribution >= 4 is 35.4 Å². The largest absolute Gasteiger partial charge is 0.192 e. The van der Waals surface area contributed by atoms with Crippen LogP contribution in [0.25, 0.3) is 0 Å². The van der Waals surface area contributed by atoms with Crippen molar-refractivity contribution in [1.29, 1.82) is 5.26 Å². The second kappa shape index (κ2) is 22.0. The van der Waals surface area contributed by atoms with Crippen LogP contribution >= 0.6 is 35.4 Å². The van der Waals surface area contributed by atoms with Crippen LogP contribution in [0.5, 0.6) is 0 Å². The molecule has 0 aliphatic rings. The molecule has 0 heterocycles.